The number of carbonyl (C=O) groups excluding carboxylic acids is 1. The first-order valence-corrected chi connectivity index (χ1v) is 5.23. The summed E-state index contributed by atoms with van der Waals surface area (Å²) in [5, 5.41) is 0.565. The van der Waals surface area contributed by atoms with E-state index in [0.717, 1.165) is 5.56 Å². The summed E-state index contributed by atoms with van der Waals surface area (Å²) in [5.41, 5.74) is 1.28. The third kappa shape index (κ3) is 3.91. The molecule has 0 aromatic heterocycles. The molecule has 0 heterocycles. The van der Waals surface area contributed by atoms with E-state index in [-0.39, 0.29) is 6.61 Å². The summed E-state index contributed by atoms with van der Waals surface area (Å²) in [6.07, 6.45) is 1.65. The SMILES string of the molecule is C=C(C)C(=O)OC/C=C(\Cl)c1ccccc1. The van der Waals surface area contributed by atoms with Crippen molar-refractivity contribution in [2.75, 3.05) is 6.61 Å². The third-order valence-corrected chi connectivity index (χ3v) is 2.25. The number of benzene rings is 1. The van der Waals surface area contributed by atoms with Crippen LogP contribution in [0.25, 0.3) is 5.03 Å². The fourth-order valence-corrected chi connectivity index (χ4v) is 1.22. The summed E-state index contributed by atoms with van der Waals surface area (Å²) in [6.45, 7) is 5.24. The molecule has 84 valence electrons. The van der Waals surface area contributed by atoms with E-state index in [1.54, 1.807) is 13.0 Å². The predicted molar refractivity (Wildman–Crippen MR) is 66.0 cm³/mol. The van der Waals surface area contributed by atoms with Gasteiger partial charge in [-0.3, -0.25) is 0 Å². The molecule has 0 bridgehead atoms. The fraction of sp³-hybridized carbons (Fsp3) is 0.154. The number of halogens is 1. The van der Waals surface area contributed by atoms with Crippen LogP contribution in [0.15, 0.2) is 48.6 Å². The number of ether oxygens (including phenoxy) is 1. The monoisotopic (exact) mass is 236 g/mol. The first-order valence-electron chi connectivity index (χ1n) is 4.85. The van der Waals surface area contributed by atoms with E-state index in [9.17, 15) is 4.79 Å². The summed E-state index contributed by atoms with van der Waals surface area (Å²) in [6, 6.07) is 9.48. The highest BCUT2D eigenvalue weighted by Gasteiger charge is 2.01. The van der Waals surface area contributed by atoms with E-state index in [0.29, 0.717) is 10.6 Å². The molecule has 0 aliphatic rings. The minimum absolute atomic E-state index is 0.152. The van der Waals surface area contributed by atoms with Gasteiger partial charge in [0, 0.05) is 10.6 Å². The van der Waals surface area contributed by atoms with Gasteiger partial charge >= 0.3 is 5.97 Å². The highest BCUT2D eigenvalue weighted by Crippen LogP contribution is 2.17. The standard InChI is InChI=1S/C13H13ClO2/c1-10(2)13(15)16-9-8-12(14)11-6-4-3-5-7-11/h3-8H,1,9H2,2H3/b12-8-. The quantitative estimate of drug-likeness (QED) is 0.592. The van der Waals surface area contributed by atoms with Gasteiger partial charge in [0.25, 0.3) is 0 Å². The normalized spacial score (nSPS) is 11.0. The Morgan fingerprint density at radius 3 is 2.62 bits per heavy atom. The Morgan fingerprint density at radius 2 is 2.06 bits per heavy atom. The van der Waals surface area contributed by atoms with Crippen molar-refractivity contribution in [2.24, 2.45) is 0 Å². The number of rotatable bonds is 4. The molecule has 0 aliphatic heterocycles. The molecule has 0 amide bonds. The van der Waals surface area contributed by atoms with Crippen LogP contribution in [0.5, 0.6) is 0 Å². The molecule has 1 rings (SSSR count). The van der Waals surface area contributed by atoms with Gasteiger partial charge < -0.3 is 4.74 Å². The minimum Gasteiger partial charge on any atom is -0.458 e. The molecule has 1 aromatic rings. The Balaban J connectivity index is 2.53. The Labute approximate surface area is 100 Å². The van der Waals surface area contributed by atoms with Gasteiger partial charge in [-0.25, -0.2) is 4.79 Å². The molecule has 1 aromatic carbocycles. The summed E-state index contributed by atoms with van der Waals surface area (Å²) < 4.78 is 4.90. The zero-order valence-electron chi connectivity index (χ0n) is 9.07. The first kappa shape index (κ1) is 12.5. The molecular formula is C13H13ClO2. The molecule has 3 heteroatoms. The average Bonchev–Trinajstić information content (AvgIpc) is 2.29. The van der Waals surface area contributed by atoms with Gasteiger partial charge in [-0.2, -0.15) is 0 Å². The lowest BCUT2D eigenvalue weighted by Crippen LogP contribution is -2.04. The molecule has 0 unspecified atom stereocenters. The van der Waals surface area contributed by atoms with E-state index in [1.165, 1.54) is 0 Å². The lowest BCUT2D eigenvalue weighted by atomic mass is 10.2. The Morgan fingerprint density at radius 1 is 1.44 bits per heavy atom. The maximum atomic E-state index is 11.1. The number of esters is 1. The zero-order valence-corrected chi connectivity index (χ0v) is 9.83. The maximum Gasteiger partial charge on any atom is 0.333 e. The van der Waals surface area contributed by atoms with Crippen molar-refractivity contribution >= 4 is 22.6 Å². The van der Waals surface area contributed by atoms with Gasteiger partial charge in [-0.05, 0) is 18.6 Å². The highest BCUT2D eigenvalue weighted by atomic mass is 35.5. The second-order valence-electron chi connectivity index (χ2n) is 3.30. The van der Waals surface area contributed by atoms with Crippen molar-refractivity contribution in [3.8, 4) is 0 Å². The van der Waals surface area contributed by atoms with Gasteiger partial charge in [0.2, 0.25) is 0 Å². The van der Waals surface area contributed by atoms with Gasteiger partial charge in [-0.15, -0.1) is 0 Å². The Kier molecular flexibility index (Phi) is 4.80. The lowest BCUT2D eigenvalue weighted by Gasteiger charge is -2.01. The van der Waals surface area contributed by atoms with E-state index < -0.39 is 5.97 Å². The van der Waals surface area contributed by atoms with Crippen LogP contribution < -0.4 is 0 Å². The van der Waals surface area contributed by atoms with Crippen molar-refractivity contribution < 1.29 is 9.53 Å². The van der Waals surface area contributed by atoms with Crippen LogP contribution in [0.3, 0.4) is 0 Å². The van der Waals surface area contributed by atoms with Crippen LogP contribution in [0.4, 0.5) is 0 Å². The lowest BCUT2D eigenvalue weighted by molar-refractivity contribution is -0.137. The number of carbonyl (C=O) groups is 1. The van der Waals surface area contributed by atoms with E-state index in [2.05, 4.69) is 6.58 Å². The number of hydrogen-bond acceptors (Lipinski definition) is 2. The fourth-order valence-electron chi connectivity index (χ4n) is 1.03. The largest absolute Gasteiger partial charge is 0.458 e. The van der Waals surface area contributed by atoms with E-state index in [4.69, 9.17) is 16.3 Å². The van der Waals surface area contributed by atoms with Crippen molar-refractivity contribution in [1.82, 2.24) is 0 Å². The molecule has 0 spiro atoms. The third-order valence-electron chi connectivity index (χ3n) is 1.88. The van der Waals surface area contributed by atoms with E-state index in [1.807, 2.05) is 30.3 Å². The second kappa shape index (κ2) is 6.13. The molecule has 2 nitrogen and oxygen atoms in total. The smallest absolute Gasteiger partial charge is 0.333 e. The molecular weight excluding hydrogens is 224 g/mol. The van der Waals surface area contributed by atoms with Crippen LogP contribution >= 0.6 is 11.6 Å². The summed E-state index contributed by atoms with van der Waals surface area (Å²) >= 11 is 6.02. The van der Waals surface area contributed by atoms with Gasteiger partial charge in [0.1, 0.15) is 6.61 Å². The van der Waals surface area contributed by atoms with Crippen LogP contribution in [-0.4, -0.2) is 12.6 Å². The molecule has 0 saturated heterocycles. The first-order chi connectivity index (χ1) is 7.61. The maximum absolute atomic E-state index is 11.1. The number of hydrogen-bond donors (Lipinski definition) is 0. The average molecular weight is 237 g/mol. The van der Waals surface area contributed by atoms with Crippen molar-refractivity contribution in [2.45, 2.75) is 6.92 Å². The molecule has 0 saturated carbocycles. The van der Waals surface area contributed by atoms with Crippen molar-refractivity contribution in [3.05, 3.63) is 54.1 Å². The van der Waals surface area contributed by atoms with E-state index >= 15 is 0 Å². The topological polar surface area (TPSA) is 26.3 Å². The summed E-state index contributed by atoms with van der Waals surface area (Å²) in [4.78, 5) is 11.1. The Bertz CT molecular complexity index is 407. The molecule has 0 aliphatic carbocycles. The van der Waals surface area contributed by atoms with Crippen LogP contribution in [0.1, 0.15) is 12.5 Å². The molecule has 0 atom stereocenters. The van der Waals surface area contributed by atoms with Gasteiger partial charge in [0.15, 0.2) is 0 Å². The summed E-state index contributed by atoms with van der Waals surface area (Å²) in [5.74, 6) is -0.409. The molecule has 0 radical (unpaired) electrons. The predicted octanol–water partition coefficient (Wildman–Crippen LogP) is 3.39. The highest BCUT2D eigenvalue weighted by molar-refractivity contribution is 6.48. The minimum atomic E-state index is -0.409. The van der Waals surface area contributed by atoms with Gasteiger partial charge in [0.05, 0.1) is 0 Å². The second-order valence-corrected chi connectivity index (χ2v) is 3.70. The zero-order chi connectivity index (χ0) is 12.0. The van der Waals surface area contributed by atoms with Crippen LogP contribution in [0, 0.1) is 0 Å². The van der Waals surface area contributed by atoms with Crippen molar-refractivity contribution in [3.63, 3.8) is 0 Å². The van der Waals surface area contributed by atoms with Gasteiger partial charge in [-0.1, -0.05) is 48.5 Å². The van der Waals surface area contributed by atoms with Crippen LogP contribution in [-0.2, 0) is 9.53 Å². The summed E-state index contributed by atoms with van der Waals surface area (Å²) in [7, 11) is 0. The molecule has 16 heavy (non-hydrogen) atoms. The molecule has 0 fully saturated rings. The molecule has 0 N–H and O–H groups in total. The Hall–Kier alpha value is -1.54. The van der Waals surface area contributed by atoms with Crippen molar-refractivity contribution in [1.29, 1.82) is 0 Å². The van der Waals surface area contributed by atoms with Crippen LogP contribution in [0.2, 0.25) is 0 Å².